The van der Waals surface area contributed by atoms with Gasteiger partial charge in [-0.3, -0.25) is 9.69 Å². The van der Waals surface area contributed by atoms with Crippen molar-refractivity contribution in [3.63, 3.8) is 0 Å². The molecule has 0 radical (unpaired) electrons. The normalized spacial score (nSPS) is 33.6. The van der Waals surface area contributed by atoms with Gasteiger partial charge in [-0.05, 0) is 19.9 Å². The molecular weight excluding hydrogens is 144 g/mol. The van der Waals surface area contributed by atoms with Crippen LogP contribution in [-0.2, 0) is 4.79 Å². The molecule has 0 amide bonds. The molecule has 0 bridgehead atoms. The molecule has 11 heavy (non-hydrogen) atoms. The predicted molar refractivity (Wildman–Crippen MR) is 41.3 cm³/mol. The molecule has 1 fully saturated rings. The van der Waals surface area contributed by atoms with Crippen molar-refractivity contribution in [3.05, 3.63) is 0 Å². The summed E-state index contributed by atoms with van der Waals surface area (Å²) < 4.78 is 0. The lowest BCUT2D eigenvalue weighted by molar-refractivity contribution is -0.144. The number of likely N-dealkylation sites (N-methyl/N-ethyl adjacent to an activating group) is 1. The molecule has 0 saturated carbocycles. The molecule has 64 valence electrons. The van der Waals surface area contributed by atoms with Gasteiger partial charge < -0.3 is 10.8 Å². The molecule has 4 heteroatoms. The molecule has 0 spiro atoms. The van der Waals surface area contributed by atoms with Crippen molar-refractivity contribution >= 4 is 5.97 Å². The van der Waals surface area contributed by atoms with Crippen molar-refractivity contribution < 1.29 is 9.90 Å². The van der Waals surface area contributed by atoms with Gasteiger partial charge in [0.1, 0.15) is 6.04 Å². The molecular formula is C7H14N2O2. The van der Waals surface area contributed by atoms with Gasteiger partial charge in [0.25, 0.3) is 0 Å². The highest BCUT2D eigenvalue weighted by molar-refractivity contribution is 5.73. The zero-order chi connectivity index (χ0) is 8.43. The first-order valence-electron chi connectivity index (χ1n) is 3.80. The highest BCUT2D eigenvalue weighted by atomic mass is 16.4. The van der Waals surface area contributed by atoms with E-state index in [1.165, 1.54) is 0 Å². The lowest BCUT2D eigenvalue weighted by atomic mass is 10.00. The molecule has 1 rings (SSSR count). The standard InChI is InChI=1S/C7H14N2O2/c1-9-4-5(8)2-3-6(9)7(10)11/h5-6H,2-4,8H2,1H3,(H,10,11). The Bertz CT molecular complexity index is 161. The number of carboxylic acid groups (broad SMARTS) is 1. The molecule has 0 aliphatic carbocycles. The van der Waals surface area contributed by atoms with Crippen molar-refractivity contribution in [1.29, 1.82) is 0 Å². The van der Waals surface area contributed by atoms with E-state index in [-0.39, 0.29) is 12.1 Å². The number of likely N-dealkylation sites (tertiary alicyclic amines) is 1. The number of nitrogens with two attached hydrogens (primary N) is 1. The lowest BCUT2D eigenvalue weighted by Gasteiger charge is -2.32. The summed E-state index contributed by atoms with van der Waals surface area (Å²) >= 11 is 0. The van der Waals surface area contributed by atoms with Crippen molar-refractivity contribution in [2.75, 3.05) is 13.6 Å². The van der Waals surface area contributed by atoms with Gasteiger partial charge in [-0.1, -0.05) is 0 Å². The van der Waals surface area contributed by atoms with Crippen molar-refractivity contribution in [2.45, 2.75) is 24.9 Å². The van der Waals surface area contributed by atoms with E-state index in [2.05, 4.69) is 0 Å². The fourth-order valence-corrected chi connectivity index (χ4v) is 1.49. The number of piperidine rings is 1. The molecule has 1 aliphatic heterocycles. The Labute approximate surface area is 66.0 Å². The van der Waals surface area contributed by atoms with Gasteiger partial charge in [0.15, 0.2) is 0 Å². The maximum atomic E-state index is 10.6. The van der Waals surface area contributed by atoms with Gasteiger partial charge >= 0.3 is 5.97 Å². The van der Waals surface area contributed by atoms with Crippen LogP contribution in [0.25, 0.3) is 0 Å². The van der Waals surface area contributed by atoms with Gasteiger partial charge in [-0.15, -0.1) is 0 Å². The van der Waals surface area contributed by atoms with E-state index in [0.717, 1.165) is 6.42 Å². The van der Waals surface area contributed by atoms with Crippen molar-refractivity contribution in [3.8, 4) is 0 Å². The van der Waals surface area contributed by atoms with Crippen LogP contribution < -0.4 is 5.73 Å². The number of hydrogen-bond acceptors (Lipinski definition) is 3. The van der Waals surface area contributed by atoms with Crippen molar-refractivity contribution in [2.24, 2.45) is 5.73 Å². The molecule has 4 nitrogen and oxygen atoms in total. The van der Waals surface area contributed by atoms with E-state index >= 15 is 0 Å². The molecule has 0 aromatic heterocycles. The monoisotopic (exact) mass is 158 g/mol. The highest BCUT2D eigenvalue weighted by Crippen LogP contribution is 2.13. The third-order valence-corrected chi connectivity index (χ3v) is 2.15. The maximum absolute atomic E-state index is 10.6. The minimum absolute atomic E-state index is 0.149. The van der Waals surface area contributed by atoms with Crippen LogP contribution in [0.5, 0.6) is 0 Å². The van der Waals surface area contributed by atoms with Crippen LogP contribution in [0.3, 0.4) is 0 Å². The number of aliphatic carboxylic acids is 1. The van der Waals surface area contributed by atoms with E-state index in [1.807, 2.05) is 0 Å². The van der Waals surface area contributed by atoms with E-state index in [4.69, 9.17) is 10.8 Å². The minimum atomic E-state index is -0.737. The molecule has 1 aliphatic rings. The van der Waals surface area contributed by atoms with E-state index in [1.54, 1.807) is 11.9 Å². The second kappa shape index (κ2) is 3.19. The lowest BCUT2D eigenvalue weighted by Crippen LogP contribution is -2.49. The molecule has 2 unspecified atom stereocenters. The van der Waals surface area contributed by atoms with Crippen LogP contribution in [0, 0.1) is 0 Å². The van der Waals surface area contributed by atoms with E-state index < -0.39 is 5.97 Å². The quantitative estimate of drug-likeness (QED) is 0.539. The topological polar surface area (TPSA) is 66.6 Å². The summed E-state index contributed by atoms with van der Waals surface area (Å²) in [5, 5.41) is 8.71. The average Bonchev–Trinajstić information content (AvgIpc) is 1.85. The summed E-state index contributed by atoms with van der Waals surface area (Å²) in [5.74, 6) is -0.737. The Kier molecular flexibility index (Phi) is 2.46. The Morgan fingerprint density at radius 2 is 2.27 bits per heavy atom. The summed E-state index contributed by atoms with van der Waals surface area (Å²) in [6.07, 6.45) is 1.49. The maximum Gasteiger partial charge on any atom is 0.320 e. The van der Waals surface area contributed by atoms with Gasteiger partial charge in [-0.2, -0.15) is 0 Å². The second-order valence-electron chi connectivity index (χ2n) is 3.13. The van der Waals surface area contributed by atoms with E-state index in [0.29, 0.717) is 13.0 Å². The number of carbonyl (C=O) groups is 1. The smallest absolute Gasteiger partial charge is 0.320 e. The fourth-order valence-electron chi connectivity index (χ4n) is 1.49. The molecule has 3 N–H and O–H groups in total. The van der Waals surface area contributed by atoms with Crippen LogP contribution in [0.4, 0.5) is 0 Å². The highest BCUT2D eigenvalue weighted by Gasteiger charge is 2.28. The van der Waals surface area contributed by atoms with Crippen LogP contribution in [0.15, 0.2) is 0 Å². The zero-order valence-corrected chi connectivity index (χ0v) is 6.66. The van der Waals surface area contributed by atoms with Crippen LogP contribution in [-0.4, -0.2) is 41.7 Å². The SMILES string of the molecule is CN1CC(N)CCC1C(=O)O. The Hall–Kier alpha value is -0.610. The Morgan fingerprint density at radius 3 is 2.73 bits per heavy atom. The van der Waals surface area contributed by atoms with E-state index in [9.17, 15) is 4.79 Å². The summed E-state index contributed by atoms with van der Waals surface area (Å²) in [7, 11) is 1.80. The van der Waals surface area contributed by atoms with Gasteiger partial charge in [-0.25, -0.2) is 0 Å². The summed E-state index contributed by atoms with van der Waals surface area (Å²) in [4.78, 5) is 12.4. The molecule has 1 saturated heterocycles. The van der Waals surface area contributed by atoms with Gasteiger partial charge in [0.2, 0.25) is 0 Å². The number of carboxylic acids is 1. The first-order valence-corrected chi connectivity index (χ1v) is 3.80. The zero-order valence-electron chi connectivity index (χ0n) is 6.66. The molecule has 0 aromatic rings. The predicted octanol–water partition coefficient (Wildman–Crippen LogP) is -0.507. The Balaban J connectivity index is 2.50. The summed E-state index contributed by atoms with van der Waals surface area (Å²) in [5.41, 5.74) is 5.65. The van der Waals surface area contributed by atoms with Gasteiger partial charge in [0.05, 0.1) is 0 Å². The van der Waals surface area contributed by atoms with Crippen molar-refractivity contribution in [1.82, 2.24) is 4.90 Å². The average molecular weight is 158 g/mol. The third-order valence-electron chi connectivity index (χ3n) is 2.15. The molecule has 2 atom stereocenters. The largest absolute Gasteiger partial charge is 0.480 e. The molecule has 1 heterocycles. The fraction of sp³-hybridized carbons (Fsp3) is 0.857. The Morgan fingerprint density at radius 1 is 1.64 bits per heavy atom. The van der Waals surface area contributed by atoms with Crippen LogP contribution >= 0.6 is 0 Å². The second-order valence-corrected chi connectivity index (χ2v) is 3.13. The number of rotatable bonds is 1. The third kappa shape index (κ3) is 1.91. The van der Waals surface area contributed by atoms with Crippen LogP contribution in [0.2, 0.25) is 0 Å². The first-order chi connectivity index (χ1) is 5.11. The minimum Gasteiger partial charge on any atom is -0.480 e. The van der Waals surface area contributed by atoms with Crippen LogP contribution in [0.1, 0.15) is 12.8 Å². The van der Waals surface area contributed by atoms with Gasteiger partial charge in [0, 0.05) is 12.6 Å². The number of hydrogen-bond donors (Lipinski definition) is 2. The first kappa shape index (κ1) is 8.49. The summed E-state index contributed by atoms with van der Waals surface area (Å²) in [6, 6.07) is -0.176. The number of nitrogens with zero attached hydrogens (tertiary/aromatic N) is 1. The summed E-state index contributed by atoms with van der Waals surface area (Å²) in [6.45, 7) is 0.691. The molecule has 0 aromatic carbocycles.